The molecule has 2 rings (SSSR count). The largest absolute Gasteiger partial charge is 0.394 e. The molecule has 0 aromatic heterocycles. The van der Waals surface area contributed by atoms with Gasteiger partial charge in [0.1, 0.15) is 30.5 Å². The Morgan fingerprint density at radius 2 is 1.95 bits per heavy atom. The minimum atomic E-state index is -1.58. The third kappa shape index (κ3) is 2.70. The van der Waals surface area contributed by atoms with Gasteiger partial charge in [0.2, 0.25) is 0 Å². The quantitative estimate of drug-likeness (QED) is 0.355. The zero-order valence-electron chi connectivity index (χ0n) is 10.5. The average molecular weight is 287 g/mol. The van der Waals surface area contributed by atoms with Gasteiger partial charge in [0.15, 0.2) is 11.9 Å². The van der Waals surface area contributed by atoms with E-state index < -0.39 is 49.0 Å². The predicted molar refractivity (Wildman–Crippen MR) is 63.0 cm³/mol. The van der Waals surface area contributed by atoms with Crippen LogP contribution in [0.5, 0.6) is 0 Å². The molecule has 1 fully saturated rings. The molecule has 7 atom stereocenters. The van der Waals surface area contributed by atoms with Crippen molar-refractivity contribution in [2.45, 2.75) is 48.8 Å². The molecule has 0 saturated carbocycles. The highest BCUT2D eigenvalue weighted by Crippen LogP contribution is 2.32. The molecule has 0 radical (unpaired) electrons. The number of rotatable bonds is 3. The minimum Gasteiger partial charge on any atom is -0.394 e. The van der Waals surface area contributed by atoms with Crippen LogP contribution in [0.4, 0.5) is 0 Å². The van der Waals surface area contributed by atoms with E-state index in [4.69, 9.17) is 19.8 Å². The van der Waals surface area contributed by atoms with Crippen LogP contribution in [0.1, 0.15) is 6.42 Å². The first-order valence-corrected chi connectivity index (χ1v) is 6.19. The smallest absolute Gasteiger partial charge is 0.189 e. The molecule has 1 aliphatic carbocycles. The van der Waals surface area contributed by atoms with Crippen molar-refractivity contribution in [3.8, 4) is 6.07 Å². The van der Waals surface area contributed by atoms with Crippen molar-refractivity contribution in [1.82, 2.24) is 0 Å². The van der Waals surface area contributed by atoms with E-state index in [0.29, 0.717) is 0 Å². The zero-order valence-corrected chi connectivity index (χ0v) is 10.5. The van der Waals surface area contributed by atoms with Gasteiger partial charge in [0.25, 0.3) is 0 Å². The number of aliphatic hydroxyl groups excluding tert-OH is 5. The summed E-state index contributed by atoms with van der Waals surface area (Å²) in [5.41, 5.74) is -1.48. The van der Waals surface area contributed by atoms with Crippen LogP contribution >= 0.6 is 0 Å². The van der Waals surface area contributed by atoms with Crippen LogP contribution in [0.2, 0.25) is 0 Å². The van der Waals surface area contributed by atoms with Crippen molar-refractivity contribution in [1.29, 1.82) is 5.26 Å². The van der Waals surface area contributed by atoms with Crippen molar-refractivity contribution >= 4 is 0 Å². The number of ether oxygens (including phenoxy) is 2. The lowest BCUT2D eigenvalue weighted by Gasteiger charge is -2.41. The topological polar surface area (TPSA) is 143 Å². The van der Waals surface area contributed by atoms with E-state index in [1.54, 1.807) is 0 Å². The molecule has 20 heavy (non-hydrogen) atoms. The number of hydrogen-bond donors (Lipinski definition) is 5. The monoisotopic (exact) mass is 287 g/mol. The molecule has 0 spiro atoms. The average Bonchev–Trinajstić information content (AvgIpc) is 2.81. The van der Waals surface area contributed by atoms with Crippen molar-refractivity contribution in [3.05, 3.63) is 12.2 Å². The Morgan fingerprint density at radius 3 is 2.45 bits per heavy atom. The first kappa shape index (κ1) is 15.3. The molecule has 0 amide bonds. The van der Waals surface area contributed by atoms with Crippen molar-refractivity contribution < 1.29 is 35.0 Å². The van der Waals surface area contributed by atoms with Gasteiger partial charge in [-0.2, -0.15) is 5.26 Å². The Kier molecular flexibility index (Phi) is 4.41. The minimum absolute atomic E-state index is 0.0292. The SMILES string of the molecule is N#C[C@@]1(O[C@@H]2O[C@H](CO)[C@@H](O)[C@H](O)[C@H]2O)C=C[C@@H](O)C1. The summed E-state index contributed by atoms with van der Waals surface area (Å²) < 4.78 is 10.5. The predicted octanol–water partition coefficient (Wildman–Crippen LogP) is -2.61. The number of hydrogen-bond acceptors (Lipinski definition) is 8. The zero-order chi connectivity index (χ0) is 14.9. The molecule has 8 nitrogen and oxygen atoms in total. The molecule has 2 aliphatic rings. The van der Waals surface area contributed by atoms with E-state index >= 15 is 0 Å². The molecule has 0 unspecified atom stereocenters. The third-order valence-electron chi connectivity index (χ3n) is 3.46. The van der Waals surface area contributed by atoms with E-state index in [2.05, 4.69) is 0 Å². The summed E-state index contributed by atoms with van der Waals surface area (Å²) in [7, 11) is 0. The third-order valence-corrected chi connectivity index (χ3v) is 3.46. The Bertz CT molecular complexity index is 421. The molecule has 1 aliphatic heterocycles. The van der Waals surface area contributed by atoms with Gasteiger partial charge in [0.05, 0.1) is 12.7 Å². The second-order valence-electron chi connectivity index (χ2n) is 4.95. The van der Waals surface area contributed by atoms with Crippen LogP contribution in [-0.2, 0) is 9.47 Å². The summed E-state index contributed by atoms with van der Waals surface area (Å²) in [5.74, 6) is 0. The van der Waals surface area contributed by atoms with Crippen LogP contribution in [0.15, 0.2) is 12.2 Å². The van der Waals surface area contributed by atoms with Crippen LogP contribution in [0, 0.1) is 11.3 Å². The van der Waals surface area contributed by atoms with Gasteiger partial charge in [0, 0.05) is 6.42 Å². The van der Waals surface area contributed by atoms with Gasteiger partial charge in [-0.05, 0) is 6.08 Å². The Labute approximate surface area is 115 Å². The summed E-state index contributed by atoms with van der Waals surface area (Å²) in [6.07, 6.45) is -5.30. The van der Waals surface area contributed by atoms with Gasteiger partial charge < -0.3 is 35.0 Å². The molecular weight excluding hydrogens is 270 g/mol. The first-order chi connectivity index (χ1) is 9.42. The lowest BCUT2D eigenvalue weighted by atomic mass is 9.98. The van der Waals surface area contributed by atoms with Crippen molar-refractivity contribution in [3.63, 3.8) is 0 Å². The molecule has 0 aromatic rings. The van der Waals surface area contributed by atoms with Crippen molar-refractivity contribution in [2.24, 2.45) is 0 Å². The number of aliphatic hydroxyl groups is 5. The van der Waals surface area contributed by atoms with E-state index in [-0.39, 0.29) is 6.42 Å². The van der Waals surface area contributed by atoms with Crippen LogP contribution < -0.4 is 0 Å². The van der Waals surface area contributed by atoms with Gasteiger partial charge in [-0.1, -0.05) is 6.08 Å². The fourth-order valence-electron chi connectivity index (χ4n) is 2.28. The van der Waals surface area contributed by atoms with Crippen LogP contribution in [0.25, 0.3) is 0 Å². The summed E-state index contributed by atoms with van der Waals surface area (Å²) >= 11 is 0. The lowest BCUT2D eigenvalue weighted by molar-refractivity contribution is -0.315. The fourth-order valence-corrected chi connectivity index (χ4v) is 2.28. The molecule has 5 N–H and O–H groups in total. The Hall–Kier alpha value is -1.05. The lowest BCUT2D eigenvalue weighted by Crippen LogP contribution is -2.60. The van der Waals surface area contributed by atoms with E-state index in [1.807, 2.05) is 6.07 Å². The second-order valence-corrected chi connectivity index (χ2v) is 4.95. The van der Waals surface area contributed by atoms with E-state index in [1.165, 1.54) is 12.2 Å². The maximum atomic E-state index is 9.82. The number of nitriles is 1. The summed E-state index contributed by atoms with van der Waals surface area (Å²) in [5, 5.41) is 56.7. The van der Waals surface area contributed by atoms with Crippen LogP contribution in [-0.4, -0.2) is 74.6 Å². The molecule has 1 heterocycles. The summed E-state index contributed by atoms with van der Waals surface area (Å²) in [4.78, 5) is 0. The van der Waals surface area contributed by atoms with Gasteiger partial charge in [-0.15, -0.1) is 0 Å². The molecule has 0 bridgehead atoms. The summed E-state index contributed by atoms with van der Waals surface area (Å²) in [6.45, 7) is -0.581. The van der Waals surface area contributed by atoms with Crippen LogP contribution in [0.3, 0.4) is 0 Å². The molecule has 112 valence electrons. The Morgan fingerprint density at radius 1 is 1.25 bits per heavy atom. The highest BCUT2D eigenvalue weighted by atomic mass is 16.7. The summed E-state index contributed by atoms with van der Waals surface area (Å²) in [6, 6.07) is 1.87. The van der Waals surface area contributed by atoms with E-state index in [9.17, 15) is 20.4 Å². The van der Waals surface area contributed by atoms with Gasteiger partial charge >= 0.3 is 0 Å². The molecule has 1 saturated heterocycles. The second kappa shape index (κ2) is 5.75. The first-order valence-electron chi connectivity index (χ1n) is 6.19. The molecular formula is C12H17NO7. The standard InChI is InChI=1S/C12H17NO7/c13-5-12(2-1-6(15)3-12)20-11-10(18)9(17)8(16)7(4-14)19-11/h1-2,6-11,14-18H,3-4H2/t6-,7-,8-,9+,10-,11+,12-/m1/s1. The number of nitrogens with zero attached hydrogens (tertiary/aromatic N) is 1. The maximum Gasteiger partial charge on any atom is 0.189 e. The van der Waals surface area contributed by atoms with Crippen molar-refractivity contribution in [2.75, 3.05) is 6.61 Å². The van der Waals surface area contributed by atoms with E-state index in [0.717, 1.165) is 0 Å². The normalized spacial score (nSPS) is 48.2. The fraction of sp³-hybridized carbons (Fsp3) is 0.750. The molecule has 8 heteroatoms. The van der Waals surface area contributed by atoms with Gasteiger partial charge in [-0.3, -0.25) is 0 Å². The highest BCUT2D eigenvalue weighted by molar-refractivity contribution is 5.24. The van der Waals surface area contributed by atoms with Gasteiger partial charge in [-0.25, -0.2) is 0 Å². The Balaban J connectivity index is 2.12. The molecule has 0 aromatic carbocycles. The highest BCUT2D eigenvalue weighted by Gasteiger charge is 2.48. The maximum absolute atomic E-state index is 9.82.